The van der Waals surface area contributed by atoms with E-state index < -0.39 is 28.5 Å². The first-order valence-electron chi connectivity index (χ1n) is 12.2. The standard InChI is InChI=1S/C28H32BrN3O5S/c1-4-17-30-28(34)21(2)31(19-22-9-8-10-23(29)18-22)27(33)20-32(38(3,35)36)24-13-15-26(16-14-24)37-25-11-6-5-7-12-25/h5-16,18,21H,4,17,19-20H2,1-3H3,(H,30,34). The summed E-state index contributed by atoms with van der Waals surface area (Å²) in [5.74, 6) is 0.369. The number of benzene rings is 3. The molecule has 1 atom stereocenters. The van der Waals surface area contributed by atoms with Crippen LogP contribution in [0.4, 0.5) is 5.69 Å². The van der Waals surface area contributed by atoms with Crippen LogP contribution in [0.25, 0.3) is 0 Å². The first kappa shape index (κ1) is 29.2. The van der Waals surface area contributed by atoms with Crippen LogP contribution in [0.5, 0.6) is 11.5 Å². The average molecular weight is 603 g/mol. The largest absolute Gasteiger partial charge is 0.457 e. The highest BCUT2D eigenvalue weighted by Crippen LogP contribution is 2.26. The molecular weight excluding hydrogens is 570 g/mol. The van der Waals surface area contributed by atoms with E-state index in [1.54, 1.807) is 31.2 Å². The molecule has 8 nitrogen and oxygen atoms in total. The van der Waals surface area contributed by atoms with Crippen LogP contribution in [0.1, 0.15) is 25.8 Å². The van der Waals surface area contributed by atoms with E-state index in [-0.39, 0.29) is 12.5 Å². The number of nitrogens with one attached hydrogen (secondary N) is 1. The summed E-state index contributed by atoms with van der Waals surface area (Å²) in [4.78, 5) is 27.8. The number of hydrogen-bond donors (Lipinski definition) is 1. The Bertz CT molecular complexity index is 1330. The third kappa shape index (κ3) is 8.32. The van der Waals surface area contributed by atoms with E-state index in [1.165, 1.54) is 4.90 Å². The van der Waals surface area contributed by atoms with Crippen LogP contribution >= 0.6 is 15.9 Å². The molecule has 3 aromatic carbocycles. The number of ether oxygens (including phenoxy) is 1. The molecule has 0 bridgehead atoms. The minimum absolute atomic E-state index is 0.139. The van der Waals surface area contributed by atoms with Gasteiger partial charge in [0.05, 0.1) is 11.9 Å². The van der Waals surface area contributed by atoms with E-state index in [1.807, 2.05) is 61.5 Å². The Hall–Kier alpha value is -3.37. The van der Waals surface area contributed by atoms with Crippen molar-refractivity contribution in [2.75, 3.05) is 23.7 Å². The Morgan fingerprint density at radius 2 is 1.63 bits per heavy atom. The van der Waals surface area contributed by atoms with Crippen LogP contribution in [0, 0.1) is 0 Å². The van der Waals surface area contributed by atoms with Gasteiger partial charge in [-0.3, -0.25) is 13.9 Å². The van der Waals surface area contributed by atoms with Gasteiger partial charge in [-0.15, -0.1) is 0 Å². The number of nitrogens with zero attached hydrogens (tertiary/aromatic N) is 2. The lowest BCUT2D eigenvalue weighted by molar-refractivity contribution is -0.139. The first-order chi connectivity index (χ1) is 18.1. The summed E-state index contributed by atoms with van der Waals surface area (Å²) in [5.41, 5.74) is 1.11. The lowest BCUT2D eigenvalue weighted by Crippen LogP contribution is -2.51. The van der Waals surface area contributed by atoms with E-state index in [9.17, 15) is 18.0 Å². The van der Waals surface area contributed by atoms with E-state index in [0.717, 1.165) is 27.0 Å². The molecule has 3 aromatic rings. The van der Waals surface area contributed by atoms with Crippen LogP contribution < -0.4 is 14.4 Å². The van der Waals surface area contributed by atoms with Crippen LogP contribution in [0.15, 0.2) is 83.3 Å². The normalized spacial score (nSPS) is 11.9. The summed E-state index contributed by atoms with van der Waals surface area (Å²) in [5, 5.41) is 2.82. The number of hydrogen-bond acceptors (Lipinski definition) is 5. The Kier molecular flexibility index (Phi) is 10.3. The molecule has 0 spiro atoms. The second kappa shape index (κ2) is 13.4. The van der Waals surface area contributed by atoms with Crippen LogP contribution in [0.2, 0.25) is 0 Å². The van der Waals surface area contributed by atoms with Crippen molar-refractivity contribution in [1.29, 1.82) is 0 Å². The number of halogens is 1. The van der Waals surface area contributed by atoms with Gasteiger partial charge in [0.25, 0.3) is 0 Å². The molecule has 2 amide bonds. The average Bonchev–Trinajstić information content (AvgIpc) is 2.89. The summed E-state index contributed by atoms with van der Waals surface area (Å²) in [6.45, 7) is 3.74. The van der Waals surface area contributed by atoms with E-state index in [2.05, 4.69) is 21.2 Å². The third-order valence-corrected chi connectivity index (χ3v) is 7.38. The topological polar surface area (TPSA) is 96.0 Å². The molecule has 0 fully saturated rings. The maximum Gasteiger partial charge on any atom is 0.244 e. The number of amides is 2. The van der Waals surface area contributed by atoms with Crippen LogP contribution in [0.3, 0.4) is 0 Å². The van der Waals surface area contributed by atoms with Crippen molar-refractivity contribution < 1.29 is 22.7 Å². The number of para-hydroxylation sites is 1. The SMILES string of the molecule is CCCNC(=O)C(C)N(Cc1cccc(Br)c1)C(=O)CN(c1ccc(Oc2ccccc2)cc1)S(C)(=O)=O. The second-order valence-corrected chi connectivity index (χ2v) is 11.6. The van der Waals surface area contributed by atoms with E-state index >= 15 is 0 Å². The van der Waals surface area contributed by atoms with Crippen molar-refractivity contribution in [1.82, 2.24) is 10.2 Å². The van der Waals surface area contributed by atoms with Crippen LogP contribution in [-0.4, -0.2) is 50.5 Å². The molecule has 1 unspecified atom stereocenters. The van der Waals surface area contributed by atoms with Gasteiger partial charge in [0.15, 0.2) is 0 Å². The Balaban J connectivity index is 1.85. The molecule has 38 heavy (non-hydrogen) atoms. The molecule has 1 N–H and O–H groups in total. The quantitative estimate of drug-likeness (QED) is 0.317. The molecule has 0 aromatic heterocycles. The number of rotatable bonds is 12. The summed E-state index contributed by atoms with van der Waals surface area (Å²) in [6.07, 6.45) is 1.80. The van der Waals surface area contributed by atoms with E-state index in [0.29, 0.717) is 23.7 Å². The fraction of sp³-hybridized carbons (Fsp3) is 0.286. The fourth-order valence-corrected chi connectivity index (χ4v) is 5.03. The van der Waals surface area contributed by atoms with Crippen molar-refractivity contribution >= 4 is 43.5 Å². The molecule has 0 saturated carbocycles. The predicted molar refractivity (Wildman–Crippen MR) is 153 cm³/mol. The van der Waals surface area contributed by atoms with Gasteiger partial charge in [0.2, 0.25) is 21.8 Å². The van der Waals surface area contributed by atoms with Crippen molar-refractivity contribution in [2.24, 2.45) is 0 Å². The Morgan fingerprint density at radius 1 is 0.974 bits per heavy atom. The fourth-order valence-electron chi connectivity index (χ4n) is 3.73. The van der Waals surface area contributed by atoms with Crippen molar-refractivity contribution in [2.45, 2.75) is 32.9 Å². The van der Waals surface area contributed by atoms with Gasteiger partial charge in [-0.1, -0.05) is 53.2 Å². The van der Waals surface area contributed by atoms with E-state index in [4.69, 9.17) is 4.74 Å². The Morgan fingerprint density at radius 3 is 2.24 bits per heavy atom. The van der Waals surface area contributed by atoms with Crippen molar-refractivity contribution in [3.8, 4) is 11.5 Å². The number of anilines is 1. The molecule has 0 saturated heterocycles. The maximum absolute atomic E-state index is 13.6. The summed E-state index contributed by atoms with van der Waals surface area (Å²) in [6, 6.07) is 22.3. The van der Waals surface area contributed by atoms with Gasteiger partial charge in [-0.05, 0) is 67.4 Å². The summed E-state index contributed by atoms with van der Waals surface area (Å²) in [7, 11) is -3.82. The highest BCUT2D eigenvalue weighted by Gasteiger charge is 2.30. The second-order valence-electron chi connectivity index (χ2n) is 8.80. The predicted octanol–water partition coefficient (Wildman–Crippen LogP) is 4.95. The van der Waals surface area contributed by atoms with Gasteiger partial charge in [-0.25, -0.2) is 8.42 Å². The van der Waals surface area contributed by atoms with Gasteiger partial charge in [0.1, 0.15) is 24.1 Å². The first-order valence-corrected chi connectivity index (χ1v) is 14.8. The molecule has 0 radical (unpaired) electrons. The third-order valence-electron chi connectivity index (χ3n) is 5.74. The lowest BCUT2D eigenvalue weighted by Gasteiger charge is -2.31. The van der Waals surface area contributed by atoms with Crippen molar-refractivity contribution in [3.05, 3.63) is 88.9 Å². The zero-order valence-electron chi connectivity index (χ0n) is 21.6. The molecular formula is C28H32BrN3O5S. The van der Waals surface area contributed by atoms with Gasteiger partial charge >= 0.3 is 0 Å². The molecule has 0 aliphatic rings. The maximum atomic E-state index is 13.6. The Labute approximate surface area is 232 Å². The minimum Gasteiger partial charge on any atom is -0.457 e. The molecule has 3 rings (SSSR count). The monoisotopic (exact) mass is 601 g/mol. The summed E-state index contributed by atoms with van der Waals surface area (Å²) >= 11 is 3.43. The summed E-state index contributed by atoms with van der Waals surface area (Å²) < 4.78 is 33.2. The van der Waals surface area contributed by atoms with Crippen molar-refractivity contribution in [3.63, 3.8) is 0 Å². The highest BCUT2D eigenvalue weighted by atomic mass is 79.9. The zero-order chi connectivity index (χ0) is 27.7. The van der Waals surface area contributed by atoms with Gasteiger partial charge in [-0.2, -0.15) is 0 Å². The smallest absolute Gasteiger partial charge is 0.244 e. The molecule has 0 heterocycles. The minimum atomic E-state index is -3.82. The zero-order valence-corrected chi connectivity index (χ0v) is 24.0. The van der Waals surface area contributed by atoms with Crippen LogP contribution in [-0.2, 0) is 26.2 Å². The van der Waals surface area contributed by atoms with Gasteiger partial charge < -0.3 is 15.0 Å². The lowest BCUT2D eigenvalue weighted by atomic mass is 10.1. The molecule has 10 heteroatoms. The molecule has 202 valence electrons. The van der Waals surface area contributed by atoms with Gasteiger partial charge in [0, 0.05) is 17.6 Å². The number of carbonyl (C=O) groups excluding carboxylic acids is 2. The molecule has 0 aliphatic heterocycles. The highest BCUT2D eigenvalue weighted by molar-refractivity contribution is 9.10. The molecule has 0 aliphatic carbocycles. The number of carbonyl (C=O) groups is 2. The number of sulfonamides is 1.